The van der Waals surface area contributed by atoms with Gasteiger partial charge in [0.15, 0.2) is 17.3 Å². The van der Waals surface area contributed by atoms with Crippen LogP contribution in [-0.4, -0.2) is 107 Å². The standard InChI is InChI=1S/C35H50O12/c1-16-17-8-9-22-32(4)13-19(37)29(35(7,45)23(38)10-11-31(2,3)44)33(32,5)14-24(39)34(22,6)18(17)12-20(25(16)40)46-30-28(43)27(42)26(41)21(15-36)47-30/h10-12,19,21-22,26-30,36-37,40-45H,8-9,13-15H2,1-7H3/t19-,21-,22-,26-,27+,28-,29+,30-,32+,33-,34+,35+/m1/s1. The Morgan fingerprint density at radius 3 is 2.30 bits per heavy atom. The zero-order valence-corrected chi connectivity index (χ0v) is 28.1. The van der Waals surface area contributed by atoms with E-state index in [0.29, 0.717) is 24.0 Å². The number of carbonyl (C=O) groups is 2. The fourth-order valence-electron chi connectivity index (χ4n) is 9.58. The van der Waals surface area contributed by atoms with Crippen molar-refractivity contribution in [1.82, 2.24) is 0 Å². The number of phenolic OH excluding ortho intramolecular Hbond substituents is 1. The van der Waals surface area contributed by atoms with Crippen LogP contribution in [0, 0.1) is 29.6 Å². The van der Waals surface area contributed by atoms with E-state index in [2.05, 4.69) is 0 Å². The first kappa shape index (κ1) is 35.9. The Morgan fingerprint density at radius 2 is 1.70 bits per heavy atom. The number of hydrogen-bond donors (Lipinski definition) is 8. The zero-order chi connectivity index (χ0) is 35.2. The van der Waals surface area contributed by atoms with Gasteiger partial charge in [-0.25, -0.2) is 0 Å². The molecule has 1 aromatic rings. The molecular weight excluding hydrogens is 612 g/mol. The van der Waals surface area contributed by atoms with Gasteiger partial charge in [0.05, 0.1) is 23.7 Å². The van der Waals surface area contributed by atoms with Gasteiger partial charge in [0.1, 0.15) is 35.8 Å². The molecule has 47 heavy (non-hydrogen) atoms. The Kier molecular flexibility index (Phi) is 8.84. The average Bonchev–Trinajstić information content (AvgIpc) is 3.19. The summed E-state index contributed by atoms with van der Waals surface area (Å²) in [6, 6.07) is 1.54. The van der Waals surface area contributed by atoms with Gasteiger partial charge in [-0.2, -0.15) is 0 Å². The Labute approximate surface area is 274 Å². The average molecular weight is 663 g/mol. The Morgan fingerprint density at radius 1 is 1.06 bits per heavy atom. The summed E-state index contributed by atoms with van der Waals surface area (Å²) >= 11 is 0. The normalized spacial score (nSPS) is 41.6. The van der Waals surface area contributed by atoms with Crippen molar-refractivity contribution in [2.24, 2.45) is 22.7 Å². The van der Waals surface area contributed by atoms with Gasteiger partial charge in [0.2, 0.25) is 6.29 Å². The number of benzene rings is 1. The third-order valence-electron chi connectivity index (χ3n) is 12.3. The van der Waals surface area contributed by atoms with Gasteiger partial charge in [0, 0.05) is 12.3 Å². The molecule has 12 heteroatoms. The minimum Gasteiger partial charge on any atom is -0.504 e. The lowest BCUT2D eigenvalue weighted by Gasteiger charge is -2.61. The summed E-state index contributed by atoms with van der Waals surface area (Å²) in [5, 5.41) is 85.3. The van der Waals surface area contributed by atoms with Crippen molar-refractivity contribution in [3.8, 4) is 11.5 Å². The highest BCUT2D eigenvalue weighted by atomic mass is 16.7. The molecule has 0 spiro atoms. The number of rotatable bonds is 7. The van der Waals surface area contributed by atoms with Gasteiger partial charge in [-0.15, -0.1) is 0 Å². The second-order valence-corrected chi connectivity index (χ2v) is 15.7. The number of fused-ring (bicyclic) bond motifs is 5. The summed E-state index contributed by atoms with van der Waals surface area (Å²) in [4.78, 5) is 27.9. The summed E-state index contributed by atoms with van der Waals surface area (Å²) in [6.07, 6.45) is -5.29. The highest BCUT2D eigenvalue weighted by Gasteiger charge is 2.73. The molecule has 12 atom stereocenters. The van der Waals surface area contributed by atoms with E-state index in [1.165, 1.54) is 26.8 Å². The fourth-order valence-corrected chi connectivity index (χ4v) is 9.58. The predicted octanol–water partition coefficient (Wildman–Crippen LogP) is 0.713. The molecule has 0 unspecified atom stereocenters. The molecule has 0 radical (unpaired) electrons. The first-order chi connectivity index (χ1) is 21.6. The number of carbonyl (C=O) groups excluding carboxylic acids is 2. The van der Waals surface area contributed by atoms with Crippen molar-refractivity contribution in [3.63, 3.8) is 0 Å². The van der Waals surface area contributed by atoms with Gasteiger partial charge >= 0.3 is 0 Å². The summed E-state index contributed by atoms with van der Waals surface area (Å²) in [7, 11) is 0. The largest absolute Gasteiger partial charge is 0.504 e. The Hall–Kier alpha value is -2.42. The second kappa shape index (κ2) is 11.6. The van der Waals surface area contributed by atoms with Crippen LogP contribution in [0.25, 0.3) is 0 Å². The van der Waals surface area contributed by atoms with E-state index in [9.17, 15) is 50.4 Å². The molecule has 4 aliphatic rings. The molecule has 1 aliphatic heterocycles. The summed E-state index contributed by atoms with van der Waals surface area (Å²) in [5.74, 6) is -2.54. The Balaban J connectivity index is 1.55. The van der Waals surface area contributed by atoms with Crippen molar-refractivity contribution in [2.75, 3.05) is 6.61 Å². The number of aliphatic hydroxyl groups is 7. The third-order valence-corrected chi connectivity index (χ3v) is 12.3. The third kappa shape index (κ3) is 5.27. The maximum atomic E-state index is 14.6. The molecule has 5 rings (SSSR count). The van der Waals surface area contributed by atoms with Crippen molar-refractivity contribution in [3.05, 3.63) is 34.9 Å². The van der Waals surface area contributed by atoms with Crippen LogP contribution in [0.15, 0.2) is 18.2 Å². The first-order valence-corrected chi connectivity index (χ1v) is 16.3. The number of hydrogen-bond acceptors (Lipinski definition) is 12. The smallest absolute Gasteiger partial charge is 0.229 e. The van der Waals surface area contributed by atoms with Crippen LogP contribution in [0.2, 0.25) is 0 Å². The molecule has 0 amide bonds. The van der Waals surface area contributed by atoms with E-state index in [4.69, 9.17) is 9.47 Å². The van der Waals surface area contributed by atoms with Gasteiger partial charge < -0.3 is 50.3 Å². The second-order valence-electron chi connectivity index (χ2n) is 15.7. The molecule has 3 aliphatic carbocycles. The van der Waals surface area contributed by atoms with E-state index in [1.807, 2.05) is 20.8 Å². The number of aromatic hydroxyl groups is 1. The summed E-state index contributed by atoms with van der Waals surface area (Å²) < 4.78 is 11.4. The molecular formula is C35H50O12. The lowest BCUT2D eigenvalue weighted by molar-refractivity contribution is -0.277. The molecule has 262 valence electrons. The molecule has 0 aromatic heterocycles. The van der Waals surface area contributed by atoms with Gasteiger partial charge in [-0.05, 0) is 99.5 Å². The summed E-state index contributed by atoms with van der Waals surface area (Å²) in [5.41, 5.74) is -4.36. The molecule has 3 fully saturated rings. The van der Waals surface area contributed by atoms with Crippen LogP contribution < -0.4 is 4.74 Å². The Bertz CT molecular complexity index is 1460. The van der Waals surface area contributed by atoms with Crippen molar-refractivity contribution in [2.45, 2.75) is 128 Å². The lowest BCUT2D eigenvalue weighted by Crippen LogP contribution is -2.63. The maximum absolute atomic E-state index is 14.6. The van der Waals surface area contributed by atoms with Crippen LogP contribution in [-0.2, 0) is 26.2 Å². The topological polar surface area (TPSA) is 214 Å². The van der Waals surface area contributed by atoms with Crippen LogP contribution in [0.5, 0.6) is 11.5 Å². The van der Waals surface area contributed by atoms with E-state index in [1.54, 1.807) is 13.0 Å². The van der Waals surface area contributed by atoms with Crippen LogP contribution in [0.1, 0.15) is 77.5 Å². The SMILES string of the molecule is Cc1c(O)c(O[C@@H]2O[C@H](CO)[C@@H](O)[C@H](O)[C@H]2O)cc2c1CC[C@H]1[C@@]2(C)C(=O)C[C@]2(C)[C@@H]([C@@](C)(O)C(=O)C=CC(C)(C)O)[C@H](O)C[C@@]12C. The van der Waals surface area contributed by atoms with Crippen LogP contribution >= 0.6 is 0 Å². The summed E-state index contributed by atoms with van der Waals surface area (Å²) in [6.45, 7) is 11.1. The molecule has 8 N–H and O–H groups in total. The minimum atomic E-state index is -2.04. The van der Waals surface area contributed by atoms with Gasteiger partial charge in [-0.1, -0.05) is 19.9 Å². The monoisotopic (exact) mass is 662 g/mol. The number of Topliss-reactive ketones (excluding diaryl/α,β-unsaturated/α-hetero) is 1. The molecule has 0 bridgehead atoms. The molecule has 1 heterocycles. The molecule has 1 aromatic carbocycles. The number of phenols is 1. The minimum absolute atomic E-state index is 0.0564. The molecule has 1 saturated heterocycles. The number of aliphatic hydroxyl groups excluding tert-OH is 5. The maximum Gasteiger partial charge on any atom is 0.229 e. The fraction of sp³-hybridized carbons (Fsp3) is 0.714. The number of ketones is 2. The van der Waals surface area contributed by atoms with Crippen molar-refractivity contribution in [1.29, 1.82) is 0 Å². The zero-order valence-electron chi connectivity index (χ0n) is 28.1. The first-order valence-electron chi connectivity index (χ1n) is 16.3. The predicted molar refractivity (Wildman–Crippen MR) is 167 cm³/mol. The quantitative estimate of drug-likeness (QED) is 0.190. The molecule has 12 nitrogen and oxygen atoms in total. The van der Waals surface area contributed by atoms with Crippen molar-refractivity contribution >= 4 is 11.6 Å². The van der Waals surface area contributed by atoms with E-state index < -0.39 is 82.6 Å². The lowest BCUT2D eigenvalue weighted by atomic mass is 9.41. The van der Waals surface area contributed by atoms with Gasteiger partial charge in [0.25, 0.3) is 0 Å². The van der Waals surface area contributed by atoms with Gasteiger partial charge in [-0.3, -0.25) is 9.59 Å². The van der Waals surface area contributed by atoms with Crippen LogP contribution in [0.3, 0.4) is 0 Å². The number of ether oxygens (including phenoxy) is 2. The van der Waals surface area contributed by atoms with E-state index in [-0.39, 0.29) is 36.0 Å². The van der Waals surface area contributed by atoms with Crippen LogP contribution in [0.4, 0.5) is 0 Å². The van der Waals surface area contributed by atoms with E-state index in [0.717, 1.165) is 11.6 Å². The van der Waals surface area contributed by atoms with Crippen molar-refractivity contribution < 1.29 is 59.9 Å². The highest BCUT2D eigenvalue weighted by Crippen LogP contribution is 2.72. The molecule has 2 saturated carbocycles. The van der Waals surface area contributed by atoms with E-state index >= 15 is 0 Å². The highest BCUT2D eigenvalue weighted by molar-refractivity contribution is 5.98.